The van der Waals surface area contributed by atoms with Crippen LogP contribution in [0.4, 0.5) is 0 Å². The molecule has 0 saturated carbocycles. The first-order valence-electron chi connectivity index (χ1n) is 13.0. The van der Waals surface area contributed by atoms with E-state index >= 15 is 0 Å². The summed E-state index contributed by atoms with van der Waals surface area (Å²) < 4.78 is 0. The predicted octanol–water partition coefficient (Wildman–Crippen LogP) is 2.03. The van der Waals surface area contributed by atoms with E-state index in [0.29, 0.717) is 19.0 Å². The Morgan fingerprint density at radius 2 is 1.70 bits per heavy atom. The van der Waals surface area contributed by atoms with Crippen molar-refractivity contribution in [1.29, 1.82) is 0 Å². The molecular formula is C25H48N4O4. The first kappa shape index (κ1) is 29.5. The molecule has 0 bridgehead atoms. The highest BCUT2D eigenvalue weighted by Crippen LogP contribution is 2.19. The van der Waals surface area contributed by atoms with E-state index in [1.807, 2.05) is 0 Å². The number of ketones is 1. The van der Waals surface area contributed by atoms with Gasteiger partial charge in [0.15, 0.2) is 5.78 Å². The molecule has 1 heterocycles. The summed E-state index contributed by atoms with van der Waals surface area (Å²) in [7, 11) is 0. The summed E-state index contributed by atoms with van der Waals surface area (Å²) in [6.45, 7) is 8.04. The normalized spacial score (nSPS) is 21.3. The molecule has 0 aliphatic carbocycles. The van der Waals surface area contributed by atoms with E-state index in [1.165, 1.54) is 45.4 Å². The summed E-state index contributed by atoms with van der Waals surface area (Å²) in [4.78, 5) is 38.0. The number of amides is 2. The van der Waals surface area contributed by atoms with Gasteiger partial charge < -0.3 is 26.8 Å². The summed E-state index contributed by atoms with van der Waals surface area (Å²) in [6, 6.07) is -1.39. The van der Waals surface area contributed by atoms with Crippen molar-refractivity contribution in [2.75, 3.05) is 13.1 Å². The van der Waals surface area contributed by atoms with Gasteiger partial charge in [-0.1, -0.05) is 59.3 Å². The molecule has 6 N–H and O–H groups in total. The number of rotatable bonds is 16. The van der Waals surface area contributed by atoms with Crippen LogP contribution in [-0.4, -0.2) is 60.0 Å². The van der Waals surface area contributed by atoms with Gasteiger partial charge in [-0.3, -0.25) is 14.4 Å². The van der Waals surface area contributed by atoms with Gasteiger partial charge in [-0.15, -0.1) is 0 Å². The quantitative estimate of drug-likeness (QED) is 0.220. The SMILES string of the molecule is CCCCCCCC[C@H]1CCC(C(=O)N[C@H](C(=O)N[C@@H](CCN)C(=O)C(C)C)[C@H](C)O)CN1. The molecule has 1 aliphatic heterocycles. The van der Waals surface area contributed by atoms with Crippen molar-refractivity contribution < 1.29 is 19.5 Å². The van der Waals surface area contributed by atoms with Gasteiger partial charge in [0.25, 0.3) is 0 Å². The van der Waals surface area contributed by atoms with Crippen LogP contribution in [0.3, 0.4) is 0 Å². The summed E-state index contributed by atoms with van der Waals surface area (Å²) in [5, 5.41) is 19.0. The number of aliphatic hydroxyl groups is 1. The molecule has 33 heavy (non-hydrogen) atoms. The minimum Gasteiger partial charge on any atom is -0.391 e. The first-order chi connectivity index (χ1) is 15.7. The van der Waals surface area contributed by atoms with E-state index in [2.05, 4.69) is 22.9 Å². The van der Waals surface area contributed by atoms with Gasteiger partial charge in [0, 0.05) is 18.5 Å². The highest BCUT2D eigenvalue weighted by Gasteiger charge is 2.33. The molecule has 0 spiro atoms. The second-order valence-corrected chi connectivity index (χ2v) is 9.86. The zero-order valence-electron chi connectivity index (χ0n) is 21.2. The fourth-order valence-electron chi connectivity index (χ4n) is 4.35. The van der Waals surface area contributed by atoms with Crippen LogP contribution in [0.5, 0.6) is 0 Å². The minimum atomic E-state index is -1.11. The number of unbranched alkanes of at least 4 members (excludes halogenated alkanes) is 5. The van der Waals surface area contributed by atoms with Crippen LogP contribution < -0.4 is 21.7 Å². The number of nitrogens with two attached hydrogens (primary N) is 1. The van der Waals surface area contributed by atoms with E-state index in [0.717, 1.165) is 19.3 Å². The number of hydrogen-bond acceptors (Lipinski definition) is 6. The molecular weight excluding hydrogens is 420 g/mol. The third kappa shape index (κ3) is 11.0. The highest BCUT2D eigenvalue weighted by atomic mass is 16.3. The molecule has 0 aromatic heterocycles. The van der Waals surface area contributed by atoms with Gasteiger partial charge in [-0.25, -0.2) is 0 Å². The molecule has 0 aromatic rings. The first-order valence-corrected chi connectivity index (χ1v) is 13.0. The fourth-order valence-corrected chi connectivity index (χ4v) is 4.35. The van der Waals surface area contributed by atoms with E-state index in [4.69, 9.17) is 5.73 Å². The monoisotopic (exact) mass is 468 g/mol. The van der Waals surface area contributed by atoms with Crippen molar-refractivity contribution in [1.82, 2.24) is 16.0 Å². The van der Waals surface area contributed by atoms with Gasteiger partial charge in [0.2, 0.25) is 11.8 Å². The van der Waals surface area contributed by atoms with Crippen LogP contribution in [0.2, 0.25) is 0 Å². The third-order valence-corrected chi connectivity index (χ3v) is 6.54. The number of hydrogen-bond donors (Lipinski definition) is 5. The Kier molecular flexibility index (Phi) is 14.5. The van der Waals surface area contributed by atoms with E-state index in [-0.39, 0.29) is 30.1 Å². The second kappa shape index (κ2) is 16.2. The smallest absolute Gasteiger partial charge is 0.245 e. The topological polar surface area (TPSA) is 134 Å². The molecule has 0 radical (unpaired) electrons. The molecule has 8 heteroatoms. The van der Waals surface area contributed by atoms with Gasteiger partial charge in [-0.05, 0) is 39.2 Å². The molecule has 1 saturated heterocycles. The zero-order chi connectivity index (χ0) is 24.8. The van der Waals surface area contributed by atoms with Crippen molar-refractivity contribution in [3.63, 3.8) is 0 Å². The van der Waals surface area contributed by atoms with Crippen molar-refractivity contribution in [2.24, 2.45) is 17.6 Å². The molecule has 0 aromatic carbocycles. The average molecular weight is 469 g/mol. The van der Waals surface area contributed by atoms with Crippen LogP contribution >= 0.6 is 0 Å². The van der Waals surface area contributed by atoms with E-state index in [1.54, 1.807) is 13.8 Å². The number of carbonyl (C=O) groups is 3. The average Bonchev–Trinajstić information content (AvgIpc) is 2.78. The maximum Gasteiger partial charge on any atom is 0.245 e. The lowest BCUT2D eigenvalue weighted by molar-refractivity contribution is -0.136. The van der Waals surface area contributed by atoms with E-state index in [9.17, 15) is 19.5 Å². The lowest BCUT2D eigenvalue weighted by Gasteiger charge is -2.31. The number of carbonyl (C=O) groups excluding carboxylic acids is 3. The Hall–Kier alpha value is -1.51. The lowest BCUT2D eigenvalue weighted by atomic mass is 9.91. The summed E-state index contributed by atoms with van der Waals surface area (Å²) in [6.07, 6.45) is 9.70. The zero-order valence-corrected chi connectivity index (χ0v) is 21.2. The Bertz CT molecular complexity index is 589. The maximum atomic E-state index is 12.8. The Balaban J connectivity index is 2.51. The second-order valence-electron chi connectivity index (χ2n) is 9.86. The summed E-state index contributed by atoms with van der Waals surface area (Å²) in [5.74, 6) is -1.41. The van der Waals surface area contributed by atoms with Crippen molar-refractivity contribution >= 4 is 17.6 Å². The van der Waals surface area contributed by atoms with Gasteiger partial charge in [0.1, 0.15) is 6.04 Å². The van der Waals surface area contributed by atoms with Crippen LogP contribution in [0.15, 0.2) is 0 Å². The van der Waals surface area contributed by atoms with E-state index < -0.39 is 24.1 Å². The highest BCUT2D eigenvalue weighted by molar-refractivity contribution is 5.94. The van der Waals surface area contributed by atoms with Crippen LogP contribution in [0, 0.1) is 11.8 Å². The standard InChI is InChI=1S/C25H48N4O4/c1-5-6-7-8-9-10-11-20-13-12-19(16-27-20)24(32)29-22(18(4)30)25(33)28-21(14-15-26)23(31)17(2)3/h17-22,27,30H,5-16,26H2,1-4H3,(H,28,33)(H,29,32)/t18-,19?,20-,21-,22-/m0/s1. The molecule has 1 aliphatic rings. The van der Waals surface area contributed by atoms with Crippen LogP contribution in [0.25, 0.3) is 0 Å². The largest absolute Gasteiger partial charge is 0.391 e. The molecule has 1 rings (SSSR count). The Morgan fingerprint density at radius 1 is 1.03 bits per heavy atom. The fraction of sp³-hybridized carbons (Fsp3) is 0.880. The predicted molar refractivity (Wildman–Crippen MR) is 132 cm³/mol. The van der Waals surface area contributed by atoms with Crippen molar-refractivity contribution in [3.05, 3.63) is 0 Å². The number of aliphatic hydroxyl groups excluding tert-OH is 1. The van der Waals surface area contributed by atoms with Gasteiger partial charge in [-0.2, -0.15) is 0 Å². The van der Waals surface area contributed by atoms with Crippen molar-refractivity contribution in [2.45, 2.75) is 116 Å². The summed E-state index contributed by atoms with van der Waals surface area (Å²) in [5.41, 5.74) is 5.60. The Morgan fingerprint density at radius 3 is 2.24 bits per heavy atom. The molecule has 1 fully saturated rings. The van der Waals surface area contributed by atoms with Crippen LogP contribution in [-0.2, 0) is 14.4 Å². The molecule has 5 atom stereocenters. The molecule has 192 valence electrons. The maximum absolute atomic E-state index is 12.8. The number of nitrogens with one attached hydrogen (secondary N) is 3. The molecule has 1 unspecified atom stereocenters. The Labute approximate surface area is 200 Å². The third-order valence-electron chi connectivity index (χ3n) is 6.54. The minimum absolute atomic E-state index is 0.114. The molecule has 2 amide bonds. The number of piperidine rings is 1. The molecule has 8 nitrogen and oxygen atoms in total. The van der Waals surface area contributed by atoms with Gasteiger partial charge >= 0.3 is 0 Å². The van der Waals surface area contributed by atoms with Crippen molar-refractivity contribution in [3.8, 4) is 0 Å². The van der Waals surface area contributed by atoms with Gasteiger partial charge in [0.05, 0.1) is 18.1 Å². The lowest BCUT2D eigenvalue weighted by Crippen LogP contribution is -2.58. The summed E-state index contributed by atoms with van der Waals surface area (Å²) >= 11 is 0. The number of Topliss-reactive ketones (excluding diaryl/α,β-unsaturated/α-hetero) is 1. The van der Waals surface area contributed by atoms with Crippen LogP contribution in [0.1, 0.15) is 91.9 Å².